The number of rotatable bonds is 4. The van der Waals surface area contributed by atoms with Crippen LogP contribution in [0.25, 0.3) is 0 Å². The number of methoxy groups -OCH3 is 1. The van der Waals surface area contributed by atoms with E-state index in [0.29, 0.717) is 36.5 Å². The molecule has 2 unspecified atom stereocenters. The van der Waals surface area contributed by atoms with Gasteiger partial charge in [-0.05, 0) is 63.6 Å². The highest BCUT2D eigenvalue weighted by Gasteiger charge is 2.36. The SMILES string of the molecule is COc1ccc(C2CN(C(=O)OC(C)(C)C)CCC2NC(=O)Nc2ccc(C#N)cc2)nc1. The Labute approximate surface area is 193 Å². The molecule has 9 nitrogen and oxygen atoms in total. The minimum Gasteiger partial charge on any atom is -0.495 e. The number of piperidine rings is 1. The molecule has 1 aromatic heterocycles. The molecular formula is C24H29N5O4. The van der Waals surface area contributed by atoms with Crippen LogP contribution in [-0.2, 0) is 4.74 Å². The van der Waals surface area contributed by atoms with Crippen LogP contribution in [-0.4, -0.2) is 53.9 Å². The summed E-state index contributed by atoms with van der Waals surface area (Å²) in [5, 5.41) is 14.7. The Hall–Kier alpha value is -3.80. The van der Waals surface area contributed by atoms with Crippen LogP contribution in [0, 0.1) is 11.3 Å². The highest BCUT2D eigenvalue weighted by Crippen LogP contribution is 2.28. The van der Waals surface area contributed by atoms with Crippen molar-refractivity contribution in [3.8, 4) is 11.8 Å². The highest BCUT2D eigenvalue weighted by atomic mass is 16.6. The van der Waals surface area contributed by atoms with Gasteiger partial charge in [-0.1, -0.05) is 0 Å². The Morgan fingerprint density at radius 2 is 1.91 bits per heavy atom. The maximum absolute atomic E-state index is 12.7. The van der Waals surface area contributed by atoms with E-state index < -0.39 is 5.60 Å². The minimum atomic E-state index is -0.596. The van der Waals surface area contributed by atoms with Gasteiger partial charge in [0, 0.05) is 36.4 Å². The van der Waals surface area contributed by atoms with Crippen LogP contribution in [0.15, 0.2) is 42.6 Å². The number of nitriles is 1. The predicted molar refractivity (Wildman–Crippen MR) is 123 cm³/mol. The summed E-state index contributed by atoms with van der Waals surface area (Å²) in [4.78, 5) is 31.5. The summed E-state index contributed by atoms with van der Waals surface area (Å²) < 4.78 is 10.7. The number of hydrogen-bond acceptors (Lipinski definition) is 6. The van der Waals surface area contributed by atoms with Crippen molar-refractivity contribution in [3.05, 3.63) is 53.9 Å². The lowest BCUT2D eigenvalue weighted by Crippen LogP contribution is -2.53. The Kier molecular flexibility index (Phi) is 7.38. The molecule has 3 amide bonds. The molecule has 0 radical (unpaired) electrons. The van der Waals surface area contributed by atoms with Gasteiger partial charge in [-0.2, -0.15) is 5.26 Å². The first-order chi connectivity index (χ1) is 15.7. The minimum absolute atomic E-state index is 0.233. The van der Waals surface area contributed by atoms with E-state index in [0.717, 1.165) is 5.69 Å². The molecule has 0 bridgehead atoms. The summed E-state index contributed by atoms with van der Waals surface area (Å²) in [6.07, 6.45) is 1.77. The molecule has 1 saturated heterocycles. The average molecular weight is 452 g/mol. The van der Waals surface area contributed by atoms with E-state index in [1.807, 2.05) is 39.0 Å². The van der Waals surface area contributed by atoms with Crippen molar-refractivity contribution in [1.82, 2.24) is 15.2 Å². The Morgan fingerprint density at radius 1 is 1.18 bits per heavy atom. The van der Waals surface area contributed by atoms with Gasteiger partial charge < -0.3 is 25.0 Å². The van der Waals surface area contributed by atoms with Crippen LogP contribution < -0.4 is 15.4 Å². The molecule has 1 aromatic carbocycles. The van der Waals surface area contributed by atoms with E-state index in [-0.39, 0.29) is 24.1 Å². The number of anilines is 1. The van der Waals surface area contributed by atoms with Crippen molar-refractivity contribution in [1.29, 1.82) is 5.26 Å². The van der Waals surface area contributed by atoms with Gasteiger partial charge in [0.05, 0.1) is 24.9 Å². The first-order valence-corrected chi connectivity index (χ1v) is 10.7. The molecule has 2 aromatic rings. The fourth-order valence-electron chi connectivity index (χ4n) is 3.61. The molecule has 1 fully saturated rings. The zero-order chi connectivity index (χ0) is 24.0. The molecule has 2 heterocycles. The van der Waals surface area contributed by atoms with E-state index in [9.17, 15) is 9.59 Å². The fraction of sp³-hybridized carbons (Fsp3) is 0.417. The summed E-state index contributed by atoms with van der Waals surface area (Å²) in [5.41, 5.74) is 1.24. The Balaban J connectivity index is 1.74. The molecule has 2 atom stereocenters. The van der Waals surface area contributed by atoms with Crippen LogP contribution >= 0.6 is 0 Å². The molecule has 0 spiro atoms. The van der Waals surface area contributed by atoms with Crippen molar-refractivity contribution in [2.45, 2.75) is 44.8 Å². The zero-order valence-corrected chi connectivity index (χ0v) is 19.3. The second-order valence-corrected chi connectivity index (χ2v) is 8.84. The third-order valence-electron chi connectivity index (χ3n) is 5.23. The van der Waals surface area contributed by atoms with Crippen molar-refractivity contribution < 1.29 is 19.1 Å². The maximum Gasteiger partial charge on any atom is 0.410 e. The quantitative estimate of drug-likeness (QED) is 0.729. The van der Waals surface area contributed by atoms with E-state index in [2.05, 4.69) is 15.6 Å². The third kappa shape index (κ3) is 6.59. The summed E-state index contributed by atoms with van der Waals surface area (Å²) in [5.74, 6) is 0.394. The van der Waals surface area contributed by atoms with Crippen LogP contribution in [0.2, 0.25) is 0 Å². The van der Waals surface area contributed by atoms with Gasteiger partial charge >= 0.3 is 12.1 Å². The van der Waals surface area contributed by atoms with E-state index in [1.165, 1.54) is 0 Å². The van der Waals surface area contributed by atoms with Gasteiger partial charge in [0.15, 0.2) is 0 Å². The number of carbonyl (C=O) groups excluding carboxylic acids is 2. The van der Waals surface area contributed by atoms with Crippen molar-refractivity contribution >= 4 is 17.8 Å². The van der Waals surface area contributed by atoms with Crippen LogP contribution in [0.5, 0.6) is 5.75 Å². The van der Waals surface area contributed by atoms with Gasteiger partial charge in [0.2, 0.25) is 0 Å². The topological polar surface area (TPSA) is 117 Å². The molecule has 33 heavy (non-hydrogen) atoms. The lowest BCUT2D eigenvalue weighted by molar-refractivity contribution is 0.0178. The van der Waals surface area contributed by atoms with Gasteiger partial charge in [0.1, 0.15) is 11.4 Å². The van der Waals surface area contributed by atoms with Gasteiger partial charge in [-0.3, -0.25) is 4.98 Å². The zero-order valence-electron chi connectivity index (χ0n) is 19.3. The highest BCUT2D eigenvalue weighted by molar-refractivity contribution is 5.89. The standard InChI is InChI=1S/C24H29N5O4/c1-24(2,3)33-23(31)29-12-11-21(19(15-29)20-10-9-18(32-4)14-26-20)28-22(30)27-17-7-5-16(13-25)6-8-17/h5-10,14,19,21H,11-12,15H2,1-4H3,(H2,27,28,30). The smallest absolute Gasteiger partial charge is 0.410 e. The average Bonchev–Trinajstić information content (AvgIpc) is 2.78. The molecule has 174 valence electrons. The fourth-order valence-corrected chi connectivity index (χ4v) is 3.61. The number of urea groups is 1. The number of pyridine rings is 1. The number of ether oxygens (including phenoxy) is 2. The molecule has 0 saturated carbocycles. The lowest BCUT2D eigenvalue weighted by Gasteiger charge is -2.39. The lowest BCUT2D eigenvalue weighted by atomic mass is 9.89. The molecule has 1 aliphatic heterocycles. The normalized spacial score (nSPS) is 18.1. The first kappa shape index (κ1) is 23.9. The Bertz CT molecular complexity index is 1010. The first-order valence-electron chi connectivity index (χ1n) is 10.7. The number of hydrogen-bond donors (Lipinski definition) is 2. The predicted octanol–water partition coefficient (Wildman–Crippen LogP) is 3.88. The molecule has 3 rings (SSSR count). The van der Waals surface area contributed by atoms with Crippen molar-refractivity contribution in [3.63, 3.8) is 0 Å². The van der Waals surface area contributed by atoms with E-state index in [4.69, 9.17) is 14.7 Å². The monoisotopic (exact) mass is 451 g/mol. The van der Waals surface area contributed by atoms with Gasteiger partial charge in [-0.25, -0.2) is 9.59 Å². The number of nitrogens with one attached hydrogen (secondary N) is 2. The third-order valence-corrected chi connectivity index (χ3v) is 5.23. The van der Waals surface area contributed by atoms with E-state index in [1.54, 1.807) is 42.5 Å². The number of nitrogens with zero attached hydrogens (tertiary/aromatic N) is 3. The van der Waals surface area contributed by atoms with Crippen LogP contribution in [0.3, 0.4) is 0 Å². The van der Waals surface area contributed by atoms with Gasteiger partial charge in [-0.15, -0.1) is 0 Å². The Morgan fingerprint density at radius 3 is 2.48 bits per heavy atom. The number of benzene rings is 1. The second-order valence-electron chi connectivity index (χ2n) is 8.84. The number of aromatic nitrogens is 1. The van der Waals surface area contributed by atoms with Crippen molar-refractivity contribution in [2.24, 2.45) is 0 Å². The molecule has 0 aliphatic carbocycles. The largest absolute Gasteiger partial charge is 0.495 e. The molecular weight excluding hydrogens is 422 g/mol. The van der Waals surface area contributed by atoms with Crippen LogP contribution in [0.1, 0.15) is 44.4 Å². The van der Waals surface area contributed by atoms with Gasteiger partial charge in [0.25, 0.3) is 0 Å². The molecule has 9 heteroatoms. The summed E-state index contributed by atoms with van der Waals surface area (Å²) in [6.45, 7) is 6.29. The summed E-state index contributed by atoms with van der Waals surface area (Å²) in [6, 6.07) is 11.7. The van der Waals surface area contributed by atoms with Crippen molar-refractivity contribution in [2.75, 3.05) is 25.5 Å². The summed E-state index contributed by atoms with van der Waals surface area (Å²) in [7, 11) is 1.57. The number of amides is 3. The second kappa shape index (κ2) is 10.2. The van der Waals surface area contributed by atoms with Crippen LogP contribution in [0.4, 0.5) is 15.3 Å². The molecule has 2 N–H and O–H groups in total. The molecule has 1 aliphatic rings. The summed E-state index contributed by atoms with van der Waals surface area (Å²) >= 11 is 0. The number of carbonyl (C=O) groups is 2. The maximum atomic E-state index is 12.7. The van der Waals surface area contributed by atoms with E-state index >= 15 is 0 Å². The number of likely N-dealkylation sites (tertiary alicyclic amines) is 1.